The van der Waals surface area contributed by atoms with E-state index < -0.39 is 23.4 Å². The fraction of sp³-hybridized carbons (Fsp3) is 0.143. The standard InChI is InChI=1S/C14H9F5/c1-8-9(4-2-6-11(8)14(17,18)19)10-5-3-7-12(15)13(10)16/h2-7H,1H3. The van der Waals surface area contributed by atoms with E-state index in [2.05, 4.69) is 0 Å². The normalized spacial score (nSPS) is 11.7. The third kappa shape index (κ3) is 2.45. The molecule has 0 bridgehead atoms. The smallest absolute Gasteiger partial charge is 0.204 e. The highest BCUT2D eigenvalue weighted by atomic mass is 19.4. The fourth-order valence-corrected chi connectivity index (χ4v) is 1.95. The first-order valence-corrected chi connectivity index (χ1v) is 5.43. The van der Waals surface area contributed by atoms with Crippen molar-refractivity contribution in [3.63, 3.8) is 0 Å². The van der Waals surface area contributed by atoms with E-state index in [1.807, 2.05) is 0 Å². The molecule has 2 rings (SSSR count). The van der Waals surface area contributed by atoms with Crippen LogP contribution in [-0.4, -0.2) is 0 Å². The van der Waals surface area contributed by atoms with Crippen LogP contribution in [0.3, 0.4) is 0 Å². The van der Waals surface area contributed by atoms with E-state index in [1.54, 1.807) is 0 Å². The van der Waals surface area contributed by atoms with E-state index in [9.17, 15) is 22.0 Å². The maximum atomic E-state index is 13.6. The van der Waals surface area contributed by atoms with Crippen molar-refractivity contribution in [3.05, 3.63) is 59.2 Å². The molecule has 2 aromatic rings. The minimum absolute atomic E-state index is 0.0341. The third-order valence-corrected chi connectivity index (χ3v) is 2.88. The zero-order chi connectivity index (χ0) is 14.2. The van der Waals surface area contributed by atoms with Gasteiger partial charge in [0.2, 0.25) is 0 Å². The van der Waals surface area contributed by atoms with Gasteiger partial charge in [-0.3, -0.25) is 0 Å². The van der Waals surface area contributed by atoms with Crippen LogP contribution in [0.1, 0.15) is 11.1 Å². The zero-order valence-corrected chi connectivity index (χ0v) is 9.85. The zero-order valence-electron chi connectivity index (χ0n) is 9.85. The van der Waals surface area contributed by atoms with Crippen LogP contribution < -0.4 is 0 Å². The summed E-state index contributed by atoms with van der Waals surface area (Å²) in [7, 11) is 0. The van der Waals surface area contributed by atoms with Crippen molar-refractivity contribution in [2.75, 3.05) is 0 Å². The van der Waals surface area contributed by atoms with Gasteiger partial charge in [0.15, 0.2) is 11.6 Å². The molecule has 0 fully saturated rings. The molecule has 2 aromatic carbocycles. The first-order chi connectivity index (χ1) is 8.82. The fourth-order valence-electron chi connectivity index (χ4n) is 1.95. The Bertz CT molecular complexity index is 614. The molecule has 0 aliphatic carbocycles. The molecule has 5 heteroatoms. The Morgan fingerprint density at radius 3 is 2.05 bits per heavy atom. The van der Waals surface area contributed by atoms with Crippen molar-refractivity contribution in [1.29, 1.82) is 0 Å². The van der Waals surface area contributed by atoms with Gasteiger partial charge in [-0.05, 0) is 30.2 Å². The molecule has 0 saturated heterocycles. The van der Waals surface area contributed by atoms with Crippen molar-refractivity contribution in [2.45, 2.75) is 13.1 Å². The number of hydrogen-bond acceptors (Lipinski definition) is 0. The summed E-state index contributed by atoms with van der Waals surface area (Å²) in [6.07, 6.45) is -4.52. The summed E-state index contributed by atoms with van der Waals surface area (Å²) in [5, 5.41) is 0. The molecule has 0 heterocycles. The molecule has 0 aliphatic rings. The van der Waals surface area contributed by atoms with Gasteiger partial charge in [-0.1, -0.05) is 24.3 Å². The lowest BCUT2D eigenvalue weighted by molar-refractivity contribution is -0.138. The Hall–Kier alpha value is -1.91. The van der Waals surface area contributed by atoms with Gasteiger partial charge in [0.05, 0.1) is 5.56 Å². The molecule has 0 spiro atoms. The Morgan fingerprint density at radius 2 is 1.42 bits per heavy atom. The molecule has 0 unspecified atom stereocenters. The van der Waals surface area contributed by atoms with E-state index in [4.69, 9.17) is 0 Å². The summed E-state index contributed by atoms with van der Waals surface area (Å²) in [4.78, 5) is 0. The largest absolute Gasteiger partial charge is 0.416 e. The molecule has 0 nitrogen and oxygen atoms in total. The van der Waals surface area contributed by atoms with Gasteiger partial charge in [-0.15, -0.1) is 0 Å². The van der Waals surface area contributed by atoms with E-state index >= 15 is 0 Å². The van der Waals surface area contributed by atoms with E-state index in [1.165, 1.54) is 31.2 Å². The molecule has 0 amide bonds. The molecule has 0 aliphatic heterocycles. The van der Waals surface area contributed by atoms with E-state index in [0.717, 1.165) is 12.1 Å². The van der Waals surface area contributed by atoms with Gasteiger partial charge in [0, 0.05) is 5.56 Å². The predicted octanol–water partition coefficient (Wildman–Crippen LogP) is 4.96. The van der Waals surface area contributed by atoms with Crippen LogP contribution >= 0.6 is 0 Å². The molecule has 0 saturated carbocycles. The van der Waals surface area contributed by atoms with Crippen molar-refractivity contribution < 1.29 is 22.0 Å². The lowest BCUT2D eigenvalue weighted by Gasteiger charge is -2.14. The lowest BCUT2D eigenvalue weighted by atomic mass is 9.96. The minimum Gasteiger partial charge on any atom is -0.204 e. The first kappa shape index (κ1) is 13.5. The summed E-state index contributed by atoms with van der Waals surface area (Å²) in [5.74, 6) is -2.24. The van der Waals surface area contributed by atoms with Gasteiger partial charge in [-0.2, -0.15) is 13.2 Å². The Labute approximate surface area is 106 Å². The molecule has 100 valence electrons. The second-order valence-electron chi connectivity index (χ2n) is 4.08. The van der Waals surface area contributed by atoms with Crippen molar-refractivity contribution in [3.8, 4) is 11.1 Å². The van der Waals surface area contributed by atoms with Gasteiger partial charge in [-0.25, -0.2) is 8.78 Å². The Kier molecular flexibility index (Phi) is 3.30. The first-order valence-electron chi connectivity index (χ1n) is 5.43. The third-order valence-electron chi connectivity index (χ3n) is 2.88. The van der Waals surface area contributed by atoms with Crippen LogP contribution in [0.5, 0.6) is 0 Å². The number of alkyl halides is 3. The van der Waals surface area contributed by atoms with Crippen LogP contribution in [0.15, 0.2) is 36.4 Å². The number of halogens is 5. The van der Waals surface area contributed by atoms with Crippen LogP contribution in [0.4, 0.5) is 22.0 Å². The summed E-state index contributed by atoms with van der Waals surface area (Å²) in [6, 6.07) is 6.85. The van der Waals surface area contributed by atoms with Gasteiger partial charge >= 0.3 is 6.18 Å². The summed E-state index contributed by atoms with van der Waals surface area (Å²) < 4.78 is 65.0. The van der Waals surface area contributed by atoms with Gasteiger partial charge in [0.1, 0.15) is 0 Å². The topological polar surface area (TPSA) is 0 Å². The summed E-state index contributed by atoms with van der Waals surface area (Å²) in [6.45, 7) is 1.24. The quantitative estimate of drug-likeness (QED) is 0.644. The van der Waals surface area contributed by atoms with Crippen LogP contribution in [0.2, 0.25) is 0 Å². The summed E-state index contributed by atoms with van der Waals surface area (Å²) in [5.41, 5.74) is -1.12. The monoisotopic (exact) mass is 272 g/mol. The van der Waals surface area contributed by atoms with E-state index in [0.29, 0.717) is 0 Å². The van der Waals surface area contributed by atoms with Crippen LogP contribution in [0, 0.1) is 18.6 Å². The molecule has 0 radical (unpaired) electrons. The Balaban J connectivity index is 2.68. The lowest BCUT2D eigenvalue weighted by Crippen LogP contribution is -2.08. The minimum atomic E-state index is -4.52. The van der Waals surface area contributed by atoms with Crippen molar-refractivity contribution in [1.82, 2.24) is 0 Å². The highest BCUT2D eigenvalue weighted by Crippen LogP contribution is 2.36. The van der Waals surface area contributed by atoms with Crippen molar-refractivity contribution >= 4 is 0 Å². The molecule has 19 heavy (non-hydrogen) atoms. The van der Waals surface area contributed by atoms with Gasteiger partial charge < -0.3 is 0 Å². The maximum Gasteiger partial charge on any atom is 0.416 e. The molecule has 0 N–H and O–H groups in total. The average Bonchev–Trinajstić information content (AvgIpc) is 2.32. The van der Waals surface area contributed by atoms with Crippen molar-refractivity contribution in [2.24, 2.45) is 0 Å². The average molecular weight is 272 g/mol. The Morgan fingerprint density at radius 1 is 0.842 bits per heavy atom. The predicted molar refractivity (Wildman–Crippen MR) is 61.5 cm³/mol. The molecular weight excluding hydrogens is 263 g/mol. The summed E-state index contributed by atoms with van der Waals surface area (Å²) >= 11 is 0. The maximum absolute atomic E-state index is 13.6. The second kappa shape index (κ2) is 4.64. The van der Waals surface area contributed by atoms with E-state index in [-0.39, 0.29) is 16.7 Å². The van der Waals surface area contributed by atoms with Crippen LogP contribution in [0.25, 0.3) is 11.1 Å². The number of rotatable bonds is 1. The highest BCUT2D eigenvalue weighted by Gasteiger charge is 2.33. The van der Waals surface area contributed by atoms with Crippen LogP contribution in [-0.2, 0) is 6.18 Å². The molecular formula is C14H9F5. The number of hydrogen-bond donors (Lipinski definition) is 0. The van der Waals surface area contributed by atoms with Gasteiger partial charge in [0.25, 0.3) is 0 Å². The highest BCUT2D eigenvalue weighted by molar-refractivity contribution is 5.69. The molecule has 0 atom stereocenters. The SMILES string of the molecule is Cc1c(-c2cccc(F)c2F)cccc1C(F)(F)F. The second-order valence-corrected chi connectivity index (χ2v) is 4.08. The number of benzene rings is 2. The molecule has 0 aromatic heterocycles.